The van der Waals surface area contributed by atoms with E-state index >= 15 is 0 Å². The van der Waals surface area contributed by atoms with Gasteiger partial charge in [-0.05, 0) is 44.2 Å². The summed E-state index contributed by atoms with van der Waals surface area (Å²) in [5, 5.41) is 14.2. The first-order valence-electron chi connectivity index (χ1n) is 7.31. The SMILES string of the molecule is O=[N+]([O-])c1ccc(N(CC2CC2)CC2CCCN2)nc1. The second-order valence-corrected chi connectivity index (χ2v) is 5.77. The zero-order valence-electron chi connectivity index (χ0n) is 11.5. The molecule has 0 bridgehead atoms. The van der Waals surface area contributed by atoms with Gasteiger partial charge in [-0.15, -0.1) is 0 Å². The average molecular weight is 276 g/mol. The minimum absolute atomic E-state index is 0.0547. The smallest absolute Gasteiger partial charge is 0.287 e. The van der Waals surface area contributed by atoms with Crippen molar-refractivity contribution in [3.05, 3.63) is 28.4 Å². The normalized spacial score (nSPS) is 21.9. The molecular formula is C14H20N4O2. The maximum Gasteiger partial charge on any atom is 0.287 e. The molecule has 6 heteroatoms. The number of nitrogens with one attached hydrogen (secondary N) is 1. The highest BCUT2D eigenvalue weighted by atomic mass is 16.6. The van der Waals surface area contributed by atoms with E-state index in [-0.39, 0.29) is 5.69 Å². The summed E-state index contributed by atoms with van der Waals surface area (Å²) in [7, 11) is 0. The predicted octanol–water partition coefficient (Wildman–Crippen LogP) is 1.96. The molecule has 0 aromatic carbocycles. The summed E-state index contributed by atoms with van der Waals surface area (Å²) in [6.45, 7) is 3.06. The number of aromatic nitrogens is 1. The summed E-state index contributed by atoms with van der Waals surface area (Å²) >= 11 is 0. The fourth-order valence-corrected chi connectivity index (χ4v) is 2.73. The average Bonchev–Trinajstić information content (AvgIpc) is 3.12. The molecule has 1 aromatic rings. The van der Waals surface area contributed by atoms with E-state index in [9.17, 15) is 10.1 Å². The molecule has 2 aliphatic rings. The second-order valence-electron chi connectivity index (χ2n) is 5.77. The molecule has 3 rings (SSSR count). The first-order chi connectivity index (χ1) is 9.72. The highest BCUT2D eigenvalue weighted by molar-refractivity contribution is 5.43. The number of rotatable bonds is 6. The van der Waals surface area contributed by atoms with Crippen molar-refractivity contribution in [1.82, 2.24) is 10.3 Å². The van der Waals surface area contributed by atoms with Gasteiger partial charge in [-0.25, -0.2) is 4.98 Å². The highest BCUT2D eigenvalue weighted by Gasteiger charge is 2.27. The molecule has 2 fully saturated rings. The zero-order chi connectivity index (χ0) is 13.9. The van der Waals surface area contributed by atoms with Gasteiger partial charge in [0.2, 0.25) is 0 Å². The van der Waals surface area contributed by atoms with Gasteiger partial charge in [0.15, 0.2) is 0 Å². The Balaban J connectivity index is 1.70. The maximum atomic E-state index is 10.7. The van der Waals surface area contributed by atoms with Crippen molar-refractivity contribution >= 4 is 11.5 Å². The van der Waals surface area contributed by atoms with Gasteiger partial charge in [-0.3, -0.25) is 10.1 Å². The summed E-state index contributed by atoms with van der Waals surface area (Å²) in [5.41, 5.74) is 0.0547. The lowest BCUT2D eigenvalue weighted by molar-refractivity contribution is -0.385. The van der Waals surface area contributed by atoms with Crippen LogP contribution < -0.4 is 10.2 Å². The zero-order valence-corrected chi connectivity index (χ0v) is 11.5. The minimum atomic E-state index is -0.402. The Labute approximate surface area is 118 Å². The number of nitrogens with zero attached hydrogens (tertiary/aromatic N) is 3. The molecule has 1 saturated heterocycles. The molecule has 1 unspecified atom stereocenters. The van der Waals surface area contributed by atoms with Gasteiger partial charge < -0.3 is 10.2 Å². The Hall–Kier alpha value is -1.69. The predicted molar refractivity (Wildman–Crippen MR) is 76.9 cm³/mol. The molecule has 6 nitrogen and oxygen atoms in total. The van der Waals surface area contributed by atoms with Gasteiger partial charge in [0.05, 0.1) is 4.92 Å². The molecule has 0 spiro atoms. The number of anilines is 1. The minimum Gasteiger partial charge on any atom is -0.355 e. The lowest BCUT2D eigenvalue weighted by Gasteiger charge is -2.26. The molecule has 108 valence electrons. The van der Waals surface area contributed by atoms with Crippen LogP contribution in [0.4, 0.5) is 11.5 Å². The Morgan fingerprint density at radius 3 is 2.75 bits per heavy atom. The molecular weight excluding hydrogens is 256 g/mol. The third-order valence-corrected chi connectivity index (χ3v) is 4.05. The van der Waals surface area contributed by atoms with Crippen molar-refractivity contribution in [1.29, 1.82) is 0 Å². The van der Waals surface area contributed by atoms with Crippen LogP contribution >= 0.6 is 0 Å². The topological polar surface area (TPSA) is 71.3 Å². The molecule has 0 amide bonds. The number of hydrogen-bond donors (Lipinski definition) is 1. The van der Waals surface area contributed by atoms with Gasteiger partial charge in [-0.1, -0.05) is 0 Å². The van der Waals surface area contributed by atoms with Crippen LogP contribution in [0.5, 0.6) is 0 Å². The van der Waals surface area contributed by atoms with Crippen molar-refractivity contribution in [2.45, 2.75) is 31.7 Å². The van der Waals surface area contributed by atoms with E-state index in [4.69, 9.17) is 0 Å². The summed E-state index contributed by atoms with van der Waals surface area (Å²) in [6, 6.07) is 3.84. The van der Waals surface area contributed by atoms with Crippen LogP contribution in [0.1, 0.15) is 25.7 Å². The molecule has 1 atom stereocenters. The lowest BCUT2D eigenvalue weighted by Crippen LogP contribution is -2.39. The van der Waals surface area contributed by atoms with E-state index in [1.54, 1.807) is 12.1 Å². The summed E-state index contributed by atoms with van der Waals surface area (Å²) in [4.78, 5) is 16.9. The third-order valence-electron chi connectivity index (χ3n) is 4.05. The first kappa shape index (κ1) is 13.3. The van der Waals surface area contributed by atoms with E-state index in [1.165, 1.54) is 31.9 Å². The molecule has 20 heavy (non-hydrogen) atoms. The molecule has 1 saturated carbocycles. The molecule has 1 aromatic heterocycles. The Bertz CT molecular complexity index is 467. The second kappa shape index (κ2) is 5.75. The Kier molecular flexibility index (Phi) is 3.82. The van der Waals surface area contributed by atoms with Crippen molar-refractivity contribution in [3.63, 3.8) is 0 Å². The first-order valence-corrected chi connectivity index (χ1v) is 7.31. The van der Waals surface area contributed by atoms with Crippen molar-refractivity contribution in [3.8, 4) is 0 Å². The fourth-order valence-electron chi connectivity index (χ4n) is 2.73. The highest BCUT2D eigenvalue weighted by Crippen LogP contribution is 2.31. The molecule has 1 aliphatic heterocycles. The van der Waals surface area contributed by atoms with Crippen LogP contribution in [0.3, 0.4) is 0 Å². The van der Waals surface area contributed by atoms with Crippen LogP contribution in [-0.2, 0) is 0 Å². The van der Waals surface area contributed by atoms with Crippen molar-refractivity contribution in [2.75, 3.05) is 24.5 Å². The monoisotopic (exact) mass is 276 g/mol. The van der Waals surface area contributed by atoms with Crippen LogP contribution in [0.2, 0.25) is 0 Å². The van der Waals surface area contributed by atoms with Gasteiger partial charge in [0.1, 0.15) is 12.0 Å². The van der Waals surface area contributed by atoms with Gasteiger partial charge in [-0.2, -0.15) is 0 Å². The lowest BCUT2D eigenvalue weighted by atomic mass is 10.2. The number of hydrogen-bond acceptors (Lipinski definition) is 5. The van der Waals surface area contributed by atoms with Gasteiger partial charge in [0, 0.05) is 25.2 Å². The van der Waals surface area contributed by atoms with Crippen molar-refractivity contribution in [2.24, 2.45) is 5.92 Å². The summed E-state index contributed by atoms with van der Waals surface area (Å²) in [5.74, 6) is 1.63. The largest absolute Gasteiger partial charge is 0.355 e. The van der Waals surface area contributed by atoms with Crippen LogP contribution in [-0.4, -0.2) is 35.6 Å². The van der Waals surface area contributed by atoms with E-state index in [0.29, 0.717) is 6.04 Å². The Morgan fingerprint density at radius 2 is 2.20 bits per heavy atom. The number of pyridine rings is 1. The van der Waals surface area contributed by atoms with Crippen LogP contribution in [0.15, 0.2) is 18.3 Å². The summed E-state index contributed by atoms with van der Waals surface area (Å²) < 4.78 is 0. The van der Waals surface area contributed by atoms with Crippen LogP contribution in [0.25, 0.3) is 0 Å². The van der Waals surface area contributed by atoms with E-state index in [1.807, 2.05) is 0 Å². The molecule has 2 heterocycles. The van der Waals surface area contributed by atoms with E-state index < -0.39 is 4.92 Å². The molecule has 1 aliphatic carbocycles. The van der Waals surface area contributed by atoms with E-state index in [0.717, 1.165) is 31.4 Å². The summed E-state index contributed by atoms with van der Waals surface area (Å²) in [6.07, 6.45) is 6.38. The van der Waals surface area contributed by atoms with E-state index in [2.05, 4.69) is 15.2 Å². The van der Waals surface area contributed by atoms with Crippen molar-refractivity contribution < 1.29 is 4.92 Å². The van der Waals surface area contributed by atoms with Crippen LogP contribution in [0, 0.1) is 16.0 Å². The van der Waals surface area contributed by atoms with Gasteiger partial charge >= 0.3 is 0 Å². The standard InChI is InChI=1S/C14H20N4O2/c19-18(20)13-5-6-14(16-8-13)17(9-11-3-4-11)10-12-2-1-7-15-12/h5-6,8,11-12,15H,1-4,7,9-10H2. The fraction of sp³-hybridized carbons (Fsp3) is 0.643. The van der Waals surface area contributed by atoms with Gasteiger partial charge in [0.25, 0.3) is 5.69 Å². The third kappa shape index (κ3) is 3.25. The Morgan fingerprint density at radius 1 is 1.35 bits per heavy atom. The number of nitro groups is 1. The molecule has 0 radical (unpaired) electrons. The molecule has 1 N–H and O–H groups in total. The maximum absolute atomic E-state index is 10.7. The quantitative estimate of drug-likeness (QED) is 0.635.